The number of nitrogens with zero attached hydrogens (tertiary/aromatic N) is 8. The highest BCUT2D eigenvalue weighted by atomic mass is 15.0. The molecule has 0 saturated heterocycles. The van der Waals surface area contributed by atoms with Crippen LogP contribution in [-0.4, -0.2) is 24.1 Å². The first-order valence-electron chi connectivity index (χ1n) is 30.8. The number of hydrogen-bond acceptors (Lipinski definition) is 4. The third-order valence-corrected chi connectivity index (χ3v) is 17.7. The van der Waals surface area contributed by atoms with Crippen LogP contribution >= 0.6 is 0 Å². The van der Waals surface area contributed by atoms with Crippen molar-refractivity contribution in [3.8, 4) is 85.0 Å². The van der Waals surface area contributed by atoms with Crippen molar-refractivity contribution in [2.24, 2.45) is 0 Å². The molecule has 0 spiro atoms. The summed E-state index contributed by atoms with van der Waals surface area (Å²) in [6.45, 7) is 43.5. The van der Waals surface area contributed by atoms with Gasteiger partial charge in [0, 0.05) is 49.6 Å². The molecular formula is C82H70N8. The zero-order valence-electron chi connectivity index (χ0n) is 53.2. The van der Waals surface area contributed by atoms with Crippen LogP contribution < -0.4 is 0 Å². The molecule has 3 heterocycles. The molecule has 8 nitrogen and oxygen atoms in total. The maximum Gasteiger partial charge on any atom is 0.194 e. The third kappa shape index (κ3) is 10.6. The number of para-hydroxylation sites is 1. The van der Waals surface area contributed by atoms with Gasteiger partial charge < -0.3 is 9.13 Å². The molecule has 0 fully saturated rings. The lowest BCUT2D eigenvalue weighted by molar-refractivity contribution is 0.590. The Morgan fingerprint density at radius 3 is 1.18 bits per heavy atom. The summed E-state index contributed by atoms with van der Waals surface area (Å²) in [4.78, 5) is 24.7. The summed E-state index contributed by atoms with van der Waals surface area (Å²) in [5.41, 5.74) is 19.5. The molecule has 0 N–H and O–H groups in total. The maximum atomic E-state index is 10.4. The van der Waals surface area contributed by atoms with E-state index in [4.69, 9.17) is 28.1 Å². The molecule has 90 heavy (non-hydrogen) atoms. The van der Waals surface area contributed by atoms with Gasteiger partial charge in [-0.25, -0.2) is 24.6 Å². The predicted octanol–water partition coefficient (Wildman–Crippen LogP) is 22.2. The van der Waals surface area contributed by atoms with Gasteiger partial charge in [0.05, 0.1) is 46.8 Å². The molecule has 13 rings (SSSR count). The first kappa shape index (κ1) is 58.3. The van der Waals surface area contributed by atoms with Crippen LogP contribution in [0, 0.1) is 24.5 Å². The summed E-state index contributed by atoms with van der Waals surface area (Å²) in [6.07, 6.45) is 0. The molecule has 3 aromatic heterocycles. The summed E-state index contributed by atoms with van der Waals surface area (Å²) in [7, 11) is 0. The third-order valence-electron chi connectivity index (χ3n) is 17.7. The highest BCUT2D eigenvalue weighted by molar-refractivity contribution is 6.11. The minimum Gasteiger partial charge on any atom is -0.309 e. The van der Waals surface area contributed by atoms with E-state index in [1.165, 1.54) is 43.8 Å². The molecule has 0 aliphatic rings. The van der Waals surface area contributed by atoms with Crippen LogP contribution in [-0.2, 0) is 21.7 Å². The lowest BCUT2D eigenvalue weighted by atomic mass is 9.85. The van der Waals surface area contributed by atoms with Crippen LogP contribution in [0.3, 0.4) is 0 Å². The molecule has 0 radical (unpaired) electrons. The SMILES string of the molecule is [C-]#[N+]c1cccc(-c2ccc(-n3c4ccc(C(C)(C)C)cc4c4cc(C(C)(C)C)ccc43)cc2-c2nc(-c3cccc(-c4ccccc4[N+]#[C-])c3)nc(-c3cc(-n4c5ccc(C(C)(C)C)cc5c5cc(C(C)(C)C)ccc54)ccc3-c3cccc(C#N)c3)n2)c1. The molecule has 8 heteroatoms. The molecule has 0 aliphatic heterocycles. The highest BCUT2D eigenvalue weighted by Gasteiger charge is 2.27. The predicted molar refractivity (Wildman–Crippen MR) is 373 cm³/mol. The summed E-state index contributed by atoms with van der Waals surface area (Å²) in [5, 5.41) is 15.1. The van der Waals surface area contributed by atoms with E-state index >= 15 is 0 Å². The van der Waals surface area contributed by atoms with E-state index in [0.29, 0.717) is 34.4 Å². The summed E-state index contributed by atoms with van der Waals surface area (Å²) in [6, 6.07) is 74.1. The molecule has 0 atom stereocenters. The first-order valence-corrected chi connectivity index (χ1v) is 30.8. The van der Waals surface area contributed by atoms with E-state index in [1.807, 2.05) is 91.0 Å². The number of aromatic nitrogens is 5. The van der Waals surface area contributed by atoms with Gasteiger partial charge in [0.1, 0.15) is 0 Å². The highest BCUT2D eigenvalue weighted by Crippen LogP contribution is 2.45. The van der Waals surface area contributed by atoms with Crippen LogP contribution in [0.5, 0.6) is 0 Å². The van der Waals surface area contributed by atoms with E-state index in [-0.39, 0.29) is 21.7 Å². The first-order chi connectivity index (χ1) is 43.0. The Morgan fingerprint density at radius 1 is 0.344 bits per heavy atom. The van der Waals surface area contributed by atoms with Crippen molar-refractivity contribution in [2.45, 2.75) is 105 Å². The normalized spacial score (nSPS) is 12.2. The van der Waals surface area contributed by atoms with Crippen molar-refractivity contribution in [1.29, 1.82) is 5.26 Å². The zero-order chi connectivity index (χ0) is 63.2. The smallest absolute Gasteiger partial charge is 0.194 e. The van der Waals surface area contributed by atoms with Gasteiger partial charge in [-0.2, -0.15) is 5.26 Å². The van der Waals surface area contributed by atoms with Gasteiger partial charge in [-0.3, -0.25) is 0 Å². The molecule has 13 aromatic rings. The summed E-state index contributed by atoms with van der Waals surface area (Å²) >= 11 is 0. The van der Waals surface area contributed by atoms with Crippen molar-refractivity contribution in [2.75, 3.05) is 0 Å². The van der Waals surface area contributed by atoms with Crippen LogP contribution in [0.2, 0.25) is 0 Å². The number of benzene rings is 10. The zero-order valence-corrected chi connectivity index (χ0v) is 53.2. The van der Waals surface area contributed by atoms with E-state index in [9.17, 15) is 5.26 Å². The average molecular weight is 1170 g/mol. The lowest BCUT2D eigenvalue weighted by Gasteiger charge is -2.19. The fraction of sp³-hybridized carbons (Fsp3) is 0.195. The van der Waals surface area contributed by atoms with E-state index in [2.05, 4.69) is 223 Å². The molecular weight excluding hydrogens is 1100 g/mol. The fourth-order valence-electron chi connectivity index (χ4n) is 12.6. The second-order valence-corrected chi connectivity index (χ2v) is 27.9. The Balaban J connectivity index is 1.13. The quantitative estimate of drug-likeness (QED) is 0.142. The maximum absolute atomic E-state index is 10.4. The molecule has 0 unspecified atom stereocenters. The van der Waals surface area contributed by atoms with Crippen LogP contribution in [0.25, 0.3) is 132 Å². The minimum atomic E-state index is -0.0834. The number of rotatable bonds is 8. The van der Waals surface area contributed by atoms with Crippen LogP contribution in [0.1, 0.15) is 111 Å². The molecule has 438 valence electrons. The van der Waals surface area contributed by atoms with Gasteiger partial charge in [-0.15, -0.1) is 0 Å². The minimum absolute atomic E-state index is 0.0828. The van der Waals surface area contributed by atoms with Crippen molar-refractivity contribution >= 4 is 55.0 Å². The number of nitriles is 1. The molecule has 0 aliphatic carbocycles. The standard InChI is InChI=1S/C82H70N8/c1-79(2,3)55-28-36-72-65(43-55)66-44-56(80(4,5)6)29-37-73(66)89(72)60-32-34-62(51-21-17-20-50(40-51)49-83)69(47-60)77-86-76(54-24-18-22-52(41-54)64-26-15-16-27-71(64)85-14)87-78(88-77)70-48-61(33-35-63(70)53-23-19-25-59(42-53)84-13)90-74-38-30-57(81(7,8)9)45-67(74)68-46-58(82(10,11)12)31-39-75(68)90/h15-48H,1-12H3. The summed E-state index contributed by atoms with van der Waals surface area (Å²) in [5.74, 6) is 1.26. The monoisotopic (exact) mass is 1170 g/mol. The van der Waals surface area contributed by atoms with Crippen molar-refractivity contribution in [3.63, 3.8) is 0 Å². The van der Waals surface area contributed by atoms with Gasteiger partial charge >= 0.3 is 0 Å². The Morgan fingerprint density at radius 2 is 0.744 bits per heavy atom. The fourth-order valence-corrected chi connectivity index (χ4v) is 12.6. The van der Waals surface area contributed by atoms with Crippen LogP contribution in [0.15, 0.2) is 206 Å². The van der Waals surface area contributed by atoms with Gasteiger partial charge in [-0.05, 0) is 174 Å². The van der Waals surface area contributed by atoms with Gasteiger partial charge in [0.15, 0.2) is 28.8 Å². The number of fused-ring (bicyclic) bond motifs is 6. The van der Waals surface area contributed by atoms with Crippen molar-refractivity contribution in [1.82, 2.24) is 24.1 Å². The second-order valence-electron chi connectivity index (χ2n) is 27.9. The van der Waals surface area contributed by atoms with Gasteiger partial charge in [-0.1, -0.05) is 192 Å². The summed E-state index contributed by atoms with van der Waals surface area (Å²) < 4.78 is 4.72. The Hall–Kier alpha value is -10.7. The van der Waals surface area contributed by atoms with E-state index in [0.717, 1.165) is 83.5 Å². The van der Waals surface area contributed by atoms with E-state index < -0.39 is 0 Å². The van der Waals surface area contributed by atoms with Crippen molar-refractivity contribution < 1.29 is 0 Å². The molecule has 0 amide bonds. The molecule has 10 aromatic carbocycles. The topological polar surface area (TPSA) is 81.0 Å². The van der Waals surface area contributed by atoms with Crippen molar-refractivity contribution in [3.05, 3.63) is 257 Å². The molecule has 0 bridgehead atoms. The Bertz CT molecular complexity index is 4800. The second kappa shape index (κ2) is 21.8. The molecule has 0 saturated carbocycles. The average Bonchev–Trinajstić information content (AvgIpc) is 1.57. The Kier molecular flexibility index (Phi) is 14.2. The largest absolute Gasteiger partial charge is 0.309 e. The van der Waals surface area contributed by atoms with E-state index in [1.54, 1.807) is 0 Å². The Labute approximate surface area is 528 Å². The van der Waals surface area contributed by atoms with Gasteiger partial charge in [0.25, 0.3) is 0 Å². The number of hydrogen-bond donors (Lipinski definition) is 0. The van der Waals surface area contributed by atoms with Crippen LogP contribution in [0.4, 0.5) is 11.4 Å². The lowest BCUT2D eigenvalue weighted by Crippen LogP contribution is -2.10. The van der Waals surface area contributed by atoms with Gasteiger partial charge in [0.2, 0.25) is 0 Å².